The molecular formula is C102H142Cl4F2N24O11. The lowest BCUT2D eigenvalue weighted by Crippen LogP contribution is -2.39. The van der Waals surface area contributed by atoms with Gasteiger partial charge in [0.25, 0.3) is 0 Å². The molecule has 0 bridgehead atoms. The summed E-state index contributed by atoms with van der Waals surface area (Å²) in [5, 5.41) is 68.8. The van der Waals surface area contributed by atoms with Crippen LogP contribution in [0.4, 0.5) is 44.5 Å². The van der Waals surface area contributed by atoms with Crippen molar-refractivity contribution in [2.75, 3.05) is 45.2 Å². The number of aromatic nitrogens is 18. The fourth-order valence-corrected chi connectivity index (χ4v) is 17.1. The zero-order chi connectivity index (χ0) is 106. The number of carbonyl (C=O) groups is 6. The fourth-order valence-electron chi connectivity index (χ4n) is 16.5. The third-order valence-electron chi connectivity index (χ3n) is 26.7. The highest BCUT2D eigenvalue weighted by atomic mass is 35.5. The van der Waals surface area contributed by atoms with Crippen molar-refractivity contribution in [3.05, 3.63) is 103 Å². The van der Waals surface area contributed by atoms with Crippen molar-refractivity contribution in [2.45, 2.75) is 364 Å². The topological polar surface area (TPSA) is 460 Å². The Bertz CT molecular complexity index is 6480. The van der Waals surface area contributed by atoms with E-state index < -0.39 is 52.7 Å². The fraction of sp³-hybridized carbons (Fsp3) is 0.588. The van der Waals surface area contributed by atoms with Crippen molar-refractivity contribution in [2.24, 2.45) is 11.3 Å². The van der Waals surface area contributed by atoms with Crippen molar-refractivity contribution in [3.8, 4) is 0 Å². The molecule has 41 heteroatoms. The lowest BCUT2D eigenvalue weighted by Gasteiger charge is -2.40. The predicted molar refractivity (Wildman–Crippen MR) is 559 cm³/mol. The summed E-state index contributed by atoms with van der Waals surface area (Å²) >= 11 is 24.4. The first-order valence-corrected chi connectivity index (χ1v) is 50.5. The molecule has 11 N–H and O–H groups in total. The lowest BCUT2D eigenvalue weighted by atomic mass is 9.78. The Hall–Kier alpha value is -10.6. The number of alkyl halides is 2. The maximum Gasteiger partial charge on any atom is 0.229 e. The third-order valence-corrected chi connectivity index (χ3v) is 27.9. The first kappa shape index (κ1) is 113. The van der Waals surface area contributed by atoms with Crippen molar-refractivity contribution in [3.63, 3.8) is 0 Å². The van der Waals surface area contributed by atoms with Crippen LogP contribution in [-0.4, -0.2) is 190 Å². The van der Waals surface area contributed by atoms with Crippen molar-refractivity contribution < 1.29 is 63.1 Å². The number of imidazole rings is 6. The van der Waals surface area contributed by atoms with Crippen LogP contribution in [0.15, 0.2) is 54.6 Å². The first-order valence-electron chi connectivity index (χ1n) is 49.0. The molecule has 12 aromatic rings. The number of nitrogens with zero attached hydrogens (tertiary/aromatic N) is 18. The van der Waals surface area contributed by atoms with E-state index in [9.17, 15) is 63.1 Å². The zero-order valence-corrected chi connectivity index (χ0v) is 89.8. The van der Waals surface area contributed by atoms with Gasteiger partial charge in [-0.15, -0.1) is 0 Å². The Morgan fingerprint density at radius 2 is 0.727 bits per heavy atom. The van der Waals surface area contributed by atoms with Gasteiger partial charge in [-0.25, -0.2) is 59.8 Å². The van der Waals surface area contributed by atoms with Crippen LogP contribution in [0.25, 0.3) is 67.0 Å². The summed E-state index contributed by atoms with van der Waals surface area (Å²) in [7, 11) is 0. The van der Waals surface area contributed by atoms with Crippen LogP contribution in [0.1, 0.15) is 301 Å². The van der Waals surface area contributed by atoms with E-state index in [0.717, 1.165) is 115 Å². The second-order valence-corrected chi connectivity index (χ2v) is 45.0. The summed E-state index contributed by atoms with van der Waals surface area (Å²) in [6, 6.07) is 16.6. The van der Waals surface area contributed by atoms with E-state index >= 15 is 0 Å². The summed E-state index contributed by atoms with van der Waals surface area (Å²) in [6.45, 7) is 43.8. The zero-order valence-electron chi connectivity index (χ0n) is 86.8. The number of amides is 6. The Morgan fingerprint density at radius 3 is 1.13 bits per heavy atom. The molecule has 6 amide bonds. The molecule has 16 rings (SSSR count). The maximum atomic E-state index is 13.0. The van der Waals surface area contributed by atoms with E-state index in [0.29, 0.717) is 133 Å². The molecule has 0 spiro atoms. The highest BCUT2D eigenvalue weighted by Crippen LogP contribution is 2.46. The van der Waals surface area contributed by atoms with E-state index in [-0.39, 0.29) is 96.3 Å². The molecule has 4 aliphatic rings. The highest BCUT2D eigenvalue weighted by Gasteiger charge is 2.42. The number of anilines is 6. The van der Waals surface area contributed by atoms with Crippen molar-refractivity contribution in [1.82, 2.24) is 87.2 Å². The summed E-state index contributed by atoms with van der Waals surface area (Å²) in [5.74, 6) is 1.58. The van der Waals surface area contributed by atoms with Gasteiger partial charge in [-0.2, -0.15) is 0 Å². The summed E-state index contributed by atoms with van der Waals surface area (Å²) < 4.78 is 37.5. The van der Waals surface area contributed by atoms with Gasteiger partial charge in [0.05, 0.1) is 73.5 Å². The number of carbonyl (C=O) groups excluding carboxylic acids is 6. The number of aliphatic hydroxyl groups is 5. The molecule has 0 saturated heterocycles. The second kappa shape index (κ2) is 44.7. The number of pyridine rings is 6. The van der Waals surface area contributed by atoms with Crippen molar-refractivity contribution in [1.29, 1.82) is 0 Å². The first-order chi connectivity index (χ1) is 66.5. The Labute approximate surface area is 853 Å². The van der Waals surface area contributed by atoms with Crippen LogP contribution in [0.2, 0.25) is 20.6 Å². The van der Waals surface area contributed by atoms with Gasteiger partial charge < -0.3 is 25.5 Å². The minimum absolute atomic E-state index is 0.00403. The van der Waals surface area contributed by atoms with Crippen LogP contribution in [0.3, 0.4) is 0 Å². The summed E-state index contributed by atoms with van der Waals surface area (Å²) in [5.41, 5.74) is 5.68. The molecule has 778 valence electrons. The molecule has 4 fully saturated rings. The molecular weight excluding hydrogens is 1920 g/mol. The van der Waals surface area contributed by atoms with E-state index in [1.165, 1.54) is 19.8 Å². The van der Waals surface area contributed by atoms with Gasteiger partial charge in [0.2, 0.25) is 71.1 Å². The van der Waals surface area contributed by atoms with Crippen LogP contribution < -0.4 is 31.9 Å². The maximum absolute atomic E-state index is 13.0. The minimum atomic E-state index is -1.31. The smallest absolute Gasteiger partial charge is 0.229 e. The largest absolute Gasteiger partial charge is 0.390 e. The average Bonchev–Trinajstić information content (AvgIpc) is 1.60. The normalized spacial score (nSPS) is 16.3. The van der Waals surface area contributed by atoms with Crippen LogP contribution >= 0.6 is 46.4 Å². The molecule has 12 aromatic heterocycles. The van der Waals surface area contributed by atoms with Gasteiger partial charge in [-0.1, -0.05) is 81.0 Å². The van der Waals surface area contributed by atoms with E-state index in [1.54, 1.807) is 65.8 Å². The molecule has 12 heterocycles. The third kappa shape index (κ3) is 28.6. The van der Waals surface area contributed by atoms with E-state index in [1.807, 2.05) is 162 Å². The predicted octanol–water partition coefficient (Wildman–Crippen LogP) is 20.5. The van der Waals surface area contributed by atoms with Gasteiger partial charge in [-0.05, 0) is 305 Å². The van der Waals surface area contributed by atoms with Gasteiger partial charge in [0.1, 0.15) is 53.7 Å². The van der Waals surface area contributed by atoms with Crippen LogP contribution in [0, 0.1) is 46.0 Å². The number of halogens is 6. The van der Waals surface area contributed by atoms with Crippen LogP contribution in [0.5, 0.6) is 0 Å². The van der Waals surface area contributed by atoms with E-state index in [4.69, 9.17) is 46.4 Å². The molecule has 4 unspecified atom stereocenters. The molecule has 4 atom stereocenters. The summed E-state index contributed by atoms with van der Waals surface area (Å²) in [4.78, 5) is 128. The molecule has 35 nitrogen and oxygen atoms in total. The number of nitrogens with one attached hydrogen (secondary N) is 6. The Kier molecular flexibility index (Phi) is 35.3. The SMILES string of the molecule is CC(CF)(CF)CC(=O)Nc1nc2ccc(Cl)nc2n1C1CCC1.CCC(C)(O)CC(=O)Nc1nc2cc(C)c(C)nc2n1C(C)(C)C.CCC(C)(O)CC(=O)Nc1nc2cc(C)c(Cl)nc2n1C(C)(C)C.CCC(C)(O)CC(=O)Nc1nc2cc(C)c(Cl)nc2n1C1(C)CCC1.CCC(C)(O)CC(=O)Nc1nc2ccc(Cl)nc2n1C1(C)CCC1.Cc1ccc2nc(NC(=O)CC(C)(C)O)n(CC3CC3)c2n1. The molecule has 4 aliphatic carbocycles. The van der Waals surface area contributed by atoms with Crippen LogP contribution in [-0.2, 0) is 57.5 Å². The number of fused-ring (bicyclic) bond motifs is 6. The quantitative estimate of drug-likeness (QED) is 0.0194. The molecule has 0 radical (unpaired) electrons. The lowest BCUT2D eigenvalue weighted by molar-refractivity contribution is -0.121. The number of hydrogen-bond donors (Lipinski definition) is 11. The number of rotatable bonds is 29. The number of aryl methyl sites for hydroxylation is 5. The van der Waals surface area contributed by atoms with Gasteiger partial charge in [0.15, 0.2) is 33.9 Å². The standard InChI is InChI=1S/C18H25ClN4O2.C18H28N4O2.C17H23ClN4O2.C17H25ClN4O2.C16H19ClF2N4O.C16H22N4O2/c1-5-18(4,25)10-13(24)21-16-20-12-9-11(2)14(19)22-15(12)23(16)17(3)7-6-8-17;1-8-18(7,24)10-14(23)21-16-20-13-9-11(2)12(3)19-15(13)22(16)17(4,5)6;1-4-17(3,24)10-13(23)21-15-19-11-6-7-12(18)20-14(11)22(15)16(2)8-5-9-16;1-7-17(6,24)9-12(23)20-15-19-11-8-10(2)13(18)21-14(11)22(15)16(3,4)5;1-16(8-18,9-19)7-13(24)22-15-20-11-5-6-12(17)21-14(11)23(15)10-3-2-4-10;1-10-4-7-12-14(17-10)20(9-11-5-6-11)15(18-12)19-13(21)8-16(2,3)22/h9,25H,5-8,10H2,1-4H3,(H,20,21,24);9,24H,8,10H2,1-7H3,(H,20,21,23);6-7,24H,4-5,8-10H2,1-3H3,(H,19,21,23);8,24H,7,9H2,1-6H3,(H,19,20,23);5-6,10H,2-4,7-9H2,1H3,(H,20,22,24);4,7,11,22H,5-6,8-9H2,1-3H3,(H,18,19,21). The summed E-state index contributed by atoms with van der Waals surface area (Å²) in [6.07, 6.45) is 13.6. The van der Waals surface area contributed by atoms with E-state index in [2.05, 4.69) is 106 Å². The van der Waals surface area contributed by atoms with Gasteiger partial charge >= 0.3 is 0 Å². The van der Waals surface area contributed by atoms with Gasteiger partial charge in [-0.3, -0.25) is 96.9 Å². The molecule has 0 aromatic carbocycles. The molecule has 4 saturated carbocycles. The Morgan fingerprint density at radius 1 is 0.385 bits per heavy atom. The molecule has 143 heavy (non-hydrogen) atoms. The average molecular weight is 2060 g/mol. The minimum Gasteiger partial charge on any atom is -0.390 e. The molecule has 0 aliphatic heterocycles. The highest BCUT2D eigenvalue weighted by molar-refractivity contribution is 6.31. The van der Waals surface area contributed by atoms with Crippen molar-refractivity contribution >= 4 is 185 Å². The number of hydrogen-bond acceptors (Lipinski definition) is 23. The van der Waals surface area contributed by atoms with Gasteiger partial charge in [0, 0.05) is 58.0 Å². The second-order valence-electron chi connectivity index (χ2n) is 43.5. The monoisotopic (exact) mass is 2060 g/mol. The Balaban J connectivity index is 0.000000164.